The summed E-state index contributed by atoms with van der Waals surface area (Å²) in [6, 6.07) is 7.91. The second kappa shape index (κ2) is 5.14. The van der Waals surface area contributed by atoms with Gasteiger partial charge in [-0.3, -0.25) is 4.79 Å². The van der Waals surface area contributed by atoms with Crippen LogP contribution in [0.4, 0.5) is 0 Å². The van der Waals surface area contributed by atoms with Crippen LogP contribution in [-0.4, -0.2) is 17.8 Å². The van der Waals surface area contributed by atoms with Crippen LogP contribution in [0, 0.1) is 0 Å². The Hall–Kier alpha value is -0.320. The topological polar surface area (TPSA) is 26.3 Å². The Morgan fingerprint density at radius 2 is 2.07 bits per heavy atom. The summed E-state index contributed by atoms with van der Waals surface area (Å²) in [7, 11) is 0. The van der Waals surface area contributed by atoms with E-state index in [9.17, 15) is 4.79 Å². The zero-order valence-corrected chi connectivity index (χ0v) is 10.5. The van der Waals surface area contributed by atoms with Crippen LogP contribution in [0.2, 0.25) is 0 Å². The van der Waals surface area contributed by atoms with Crippen molar-refractivity contribution in [1.29, 1.82) is 0 Å². The molecule has 0 aromatic heterocycles. The van der Waals surface area contributed by atoms with Gasteiger partial charge < -0.3 is 4.74 Å². The SMILES string of the molecule is O=C1CCCOC1Sc1ccc(Br)cc1. The van der Waals surface area contributed by atoms with E-state index in [-0.39, 0.29) is 11.2 Å². The van der Waals surface area contributed by atoms with Gasteiger partial charge >= 0.3 is 0 Å². The fraction of sp³-hybridized carbons (Fsp3) is 0.364. The van der Waals surface area contributed by atoms with E-state index < -0.39 is 0 Å². The number of ether oxygens (including phenoxy) is 1. The number of hydrogen-bond acceptors (Lipinski definition) is 3. The molecule has 1 fully saturated rings. The van der Waals surface area contributed by atoms with E-state index >= 15 is 0 Å². The van der Waals surface area contributed by atoms with Crippen LogP contribution in [0.25, 0.3) is 0 Å². The van der Waals surface area contributed by atoms with Crippen LogP contribution in [-0.2, 0) is 9.53 Å². The average Bonchev–Trinajstić information content (AvgIpc) is 2.25. The number of carbonyl (C=O) groups is 1. The molecule has 1 aromatic carbocycles. The summed E-state index contributed by atoms with van der Waals surface area (Å²) < 4.78 is 6.47. The minimum absolute atomic E-state index is 0.203. The molecule has 4 heteroatoms. The summed E-state index contributed by atoms with van der Waals surface area (Å²) in [6.07, 6.45) is 1.50. The molecule has 0 radical (unpaired) electrons. The maximum absolute atomic E-state index is 11.5. The summed E-state index contributed by atoms with van der Waals surface area (Å²) in [6.45, 7) is 0.694. The molecule has 0 spiro atoms. The largest absolute Gasteiger partial charge is 0.359 e. The van der Waals surface area contributed by atoms with E-state index in [1.807, 2.05) is 24.3 Å². The normalized spacial score (nSPS) is 21.7. The number of ketones is 1. The molecular formula is C11H11BrO2S. The standard InChI is InChI=1S/C11H11BrO2S/c12-8-3-5-9(6-4-8)15-11-10(13)2-1-7-14-11/h3-6,11H,1-2,7H2. The Balaban J connectivity index is 2.01. The molecule has 1 aromatic rings. The van der Waals surface area contributed by atoms with E-state index in [1.165, 1.54) is 11.8 Å². The highest BCUT2D eigenvalue weighted by atomic mass is 79.9. The zero-order valence-electron chi connectivity index (χ0n) is 8.11. The van der Waals surface area contributed by atoms with Crippen LogP contribution < -0.4 is 0 Å². The van der Waals surface area contributed by atoms with Crippen molar-refractivity contribution in [2.75, 3.05) is 6.61 Å². The maximum Gasteiger partial charge on any atom is 0.172 e. The summed E-state index contributed by atoms with van der Waals surface area (Å²) in [5.41, 5.74) is -0.306. The highest BCUT2D eigenvalue weighted by Gasteiger charge is 2.23. The predicted molar refractivity (Wildman–Crippen MR) is 64.0 cm³/mol. The van der Waals surface area contributed by atoms with E-state index in [0.717, 1.165) is 15.8 Å². The van der Waals surface area contributed by atoms with Crippen molar-refractivity contribution < 1.29 is 9.53 Å². The average molecular weight is 287 g/mol. The lowest BCUT2D eigenvalue weighted by atomic mass is 10.2. The Kier molecular flexibility index (Phi) is 3.83. The molecule has 80 valence electrons. The first-order valence-corrected chi connectivity index (χ1v) is 6.49. The Labute approximate surface area is 102 Å². The van der Waals surface area contributed by atoms with Gasteiger partial charge in [-0.1, -0.05) is 27.7 Å². The summed E-state index contributed by atoms with van der Waals surface area (Å²) in [5.74, 6) is 0.203. The first-order valence-electron chi connectivity index (χ1n) is 4.82. The van der Waals surface area contributed by atoms with E-state index in [2.05, 4.69) is 15.9 Å². The number of thioether (sulfide) groups is 1. The van der Waals surface area contributed by atoms with Gasteiger partial charge in [-0.2, -0.15) is 0 Å². The minimum atomic E-state index is -0.306. The molecule has 0 amide bonds. The van der Waals surface area contributed by atoms with Gasteiger partial charge in [-0.05, 0) is 30.7 Å². The molecule has 1 aliphatic heterocycles. The first kappa shape index (κ1) is 11.2. The highest BCUT2D eigenvalue weighted by molar-refractivity contribution is 9.10. The van der Waals surface area contributed by atoms with E-state index in [1.54, 1.807) is 0 Å². The summed E-state index contributed by atoms with van der Waals surface area (Å²) >= 11 is 4.86. The van der Waals surface area contributed by atoms with Gasteiger partial charge in [0.1, 0.15) is 0 Å². The lowest BCUT2D eigenvalue weighted by Gasteiger charge is -2.20. The molecule has 15 heavy (non-hydrogen) atoms. The van der Waals surface area contributed by atoms with Gasteiger partial charge in [0.25, 0.3) is 0 Å². The molecule has 1 unspecified atom stereocenters. The van der Waals surface area contributed by atoms with Crippen LogP contribution in [0.1, 0.15) is 12.8 Å². The van der Waals surface area contributed by atoms with Gasteiger partial charge in [0, 0.05) is 22.4 Å². The molecular weight excluding hydrogens is 276 g/mol. The number of halogens is 1. The highest BCUT2D eigenvalue weighted by Crippen LogP contribution is 2.29. The zero-order chi connectivity index (χ0) is 10.7. The molecule has 1 aliphatic rings. The van der Waals surface area contributed by atoms with Crippen molar-refractivity contribution in [2.24, 2.45) is 0 Å². The second-order valence-corrected chi connectivity index (χ2v) is 5.40. The van der Waals surface area contributed by atoms with Crippen LogP contribution in [0.15, 0.2) is 33.6 Å². The van der Waals surface area contributed by atoms with Crippen LogP contribution in [0.3, 0.4) is 0 Å². The van der Waals surface area contributed by atoms with Crippen LogP contribution in [0.5, 0.6) is 0 Å². The van der Waals surface area contributed by atoms with Crippen molar-refractivity contribution in [1.82, 2.24) is 0 Å². The quantitative estimate of drug-likeness (QED) is 0.835. The number of carbonyl (C=O) groups excluding carboxylic acids is 1. The van der Waals surface area contributed by atoms with Gasteiger partial charge in [0.05, 0.1) is 0 Å². The van der Waals surface area contributed by atoms with Crippen molar-refractivity contribution in [3.05, 3.63) is 28.7 Å². The van der Waals surface area contributed by atoms with Gasteiger partial charge in [0.2, 0.25) is 0 Å². The smallest absolute Gasteiger partial charge is 0.172 e. The third-order valence-corrected chi connectivity index (χ3v) is 3.84. The molecule has 2 nitrogen and oxygen atoms in total. The monoisotopic (exact) mass is 286 g/mol. The molecule has 1 atom stereocenters. The second-order valence-electron chi connectivity index (χ2n) is 3.34. The number of rotatable bonds is 2. The number of Topliss-reactive ketones (excluding diaryl/α,β-unsaturated/α-hetero) is 1. The molecule has 1 heterocycles. The van der Waals surface area contributed by atoms with Gasteiger partial charge in [-0.25, -0.2) is 0 Å². The minimum Gasteiger partial charge on any atom is -0.359 e. The molecule has 1 saturated heterocycles. The lowest BCUT2D eigenvalue weighted by Crippen LogP contribution is -2.26. The molecule has 2 rings (SSSR count). The fourth-order valence-corrected chi connectivity index (χ4v) is 2.60. The summed E-state index contributed by atoms with van der Waals surface area (Å²) in [4.78, 5) is 12.6. The first-order chi connectivity index (χ1) is 7.25. The Morgan fingerprint density at radius 1 is 1.33 bits per heavy atom. The third-order valence-electron chi connectivity index (χ3n) is 2.16. The molecule has 0 saturated carbocycles. The molecule has 0 N–H and O–H groups in total. The van der Waals surface area contributed by atoms with Gasteiger partial charge in [0.15, 0.2) is 11.2 Å². The lowest BCUT2D eigenvalue weighted by molar-refractivity contribution is -0.129. The number of hydrogen-bond donors (Lipinski definition) is 0. The Bertz CT molecular complexity index is 350. The van der Waals surface area contributed by atoms with Crippen molar-refractivity contribution >= 4 is 33.5 Å². The maximum atomic E-state index is 11.5. The summed E-state index contributed by atoms with van der Waals surface area (Å²) in [5, 5.41) is 0. The molecule has 0 bridgehead atoms. The Morgan fingerprint density at radius 3 is 2.73 bits per heavy atom. The number of benzene rings is 1. The van der Waals surface area contributed by atoms with Crippen molar-refractivity contribution in [3.63, 3.8) is 0 Å². The fourth-order valence-electron chi connectivity index (χ4n) is 1.38. The van der Waals surface area contributed by atoms with E-state index in [4.69, 9.17) is 4.74 Å². The van der Waals surface area contributed by atoms with Crippen LogP contribution >= 0.6 is 27.7 Å². The van der Waals surface area contributed by atoms with Crippen molar-refractivity contribution in [3.8, 4) is 0 Å². The van der Waals surface area contributed by atoms with E-state index in [0.29, 0.717) is 13.0 Å². The molecule has 0 aliphatic carbocycles. The van der Waals surface area contributed by atoms with Crippen molar-refractivity contribution in [2.45, 2.75) is 23.2 Å². The predicted octanol–water partition coefficient (Wildman–Crippen LogP) is 3.25. The van der Waals surface area contributed by atoms with Gasteiger partial charge in [-0.15, -0.1) is 0 Å². The third kappa shape index (κ3) is 3.06.